The van der Waals surface area contributed by atoms with Crippen molar-refractivity contribution in [3.63, 3.8) is 0 Å². The van der Waals surface area contributed by atoms with Gasteiger partial charge in [-0.25, -0.2) is 4.79 Å². The number of carbonyl (C=O) groups excluding carboxylic acids is 1. The van der Waals surface area contributed by atoms with Gasteiger partial charge in [-0.05, 0) is 12.5 Å². The molecule has 0 aromatic rings. The minimum Gasteiger partial charge on any atom is -0.467 e. The van der Waals surface area contributed by atoms with E-state index in [1.807, 2.05) is 0 Å². The fraction of sp³-hybridized carbons (Fsp3) is 0.900. The predicted octanol–water partition coefficient (Wildman–Crippen LogP) is -0.272. The third kappa shape index (κ3) is 2.65. The van der Waals surface area contributed by atoms with Crippen LogP contribution >= 0.6 is 0 Å². The highest BCUT2D eigenvalue weighted by atomic mass is 16.7. The van der Waals surface area contributed by atoms with Crippen LogP contribution in [-0.4, -0.2) is 61.5 Å². The fourth-order valence-corrected chi connectivity index (χ4v) is 2.23. The lowest BCUT2D eigenvalue weighted by Gasteiger charge is -2.45. The minimum absolute atomic E-state index is 0.180. The maximum Gasteiger partial charge on any atom is 0.335 e. The van der Waals surface area contributed by atoms with E-state index in [-0.39, 0.29) is 6.61 Å². The molecule has 2 aliphatic heterocycles. The van der Waals surface area contributed by atoms with Crippen molar-refractivity contribution in [2.75, 3.05) is 13.7 Å². The van der Waals surface area contributed by atoms with Gasteiger partial charge in [-0.15, -0.1) is 0 Å². The highest BCUT2D eigenvalue weighted by Crippen LogP contribution is 2.30. The molecule has 1 N–H and O–H groups in total. The quantitative estimate of drug-likeness (QED) is 0.319. The van der Waals surface area contributed by atoms with Crippen LogP contribution in [0, 0.1) is 0 Å². The number of hydrogen-bond donors (Lipinski definition) is 1. The highest BCUT2D eigenvalue weighted by molar-refractivity contribution is 5.76. The first kappa shape index (κ1) is 14.0. The van der Waals surface area contributed by atoms with E-state index in [2.05, 4.69) is 14.8 Å². The molecule has 2 aliphatic rings. The first-order valence-electron chi connectivity index (χ1n) is 5.81. The smallest absolute Gasteiger partial charge is 0.335 e. The number of esters is 1. The van der Waals surface area contributed by atoms with Crippen LogP contribution in [0.25, 0.3) is 10.4 Å². The van der Waals surface area contributed by atoms with E-state index >= 15 is 0 Å². The molecule has 4 unspecified atom stereocenters. The molecule has 106 valence electrons. The summed E-state index contributed by atoms with van der Waals surface area (Å²) in [6, 6.07) is -1.09. The molecule has 6 atom stereocenters. The summed E-state index contributed by atoms with van der Waals surface area (Å²) in [5, 5.41) is 13.6. The molecule has 0 amide bonds. The van der Waals surface area contributed by atoms with Crippen molar-refractivity contribution in [1.82, 2.24) is 0 Å². The average Bonchev–Trinajstić information content (AvgIpc) is 2.41. The minimum atomic E-state index is -1.17. The molecular weight excluding hydrogens is 258 g/mol. The van der Waals surface area contributed by atoms with Gasteiger partial charge in [0.15, 0.2) is 12.4 Å². The van der Waals surface area contributed by atoms with Gasteiger partial charge < -0.3 is 24.1 Å². The Labute approximate surface area is 109 Å². The largest absolute Gasteiger partial charge is 0.467 e. The summed E-state index contributed by atoms with van der Waals surface area (Å²) in [7, 11) is 1.19. The molecule has 0 bridgehead atoms. The first-order chi connectivity index (χ1) is 9.08. The maximum atomic E-state index is 11.6. The molecule has 2 saturated heterocycles. The summed E-state index contributed by atoms with van der Waals surface area (Å²) in [5.74, 6) is -0.714. The Balaban J connectivity index is 2.23. The highest BCUT2D eigenvalue weighted by Gasteiger charge is 2.50. The third-order valence-corrected chi connectivity index (χ3v) is 3.15. The van der Waals surface area contributed by atoms with Gasteiger partial charge in [-0.1, -0.05) is 5.11 Å². The molecule has 19 heavy (non-hydrogen) atoms. The summed E-state index contributed by atoms with van der Waals surface area (Å²) in [5.41, 5.74) is 8.53. The maximum absolute atomic E-state index is 11.6. The van der Waals surface area contributed by atoms with Gasteiger partial charge in [0.1, 0.15) is 18.2 Å². The van der Waals surface area contributed by atoms with Gasteiger partial charge in [0.2, 0.25) is 0 Å². The Hall–Kier alpha value is -1.38. The zero-order valence-electron chi connectivity index (χ0n) is 10.5. The van der Waals surface area contributed by atoms with Gasteiger partial charge >= 0.3 is 5.97 Å². The second kappa shape index (κ2) is 5.72. The van der Waals surface area contributed by atoms with Gasteiger partial charge in [0, 0.05) is 4.91 Å². The number of azide groups is 1. The van der Waals surface area contributed by atoms with E-state index in [4.69, 9.17) is 19.7 Å². The SMILES string of the molecule is COC(=O)C1OC2COC(C)O[C@@H]2[C@H](O)C1N=[N+]=[N-]. The first-order valence-corrected chi connectivity index (χ1v) is 5.81. The van der Waals surface area contributed by atoms with Crippen molar-refractivity contribution in [3.8, 4) is 0 Å². The van der Waals surface area contributed by atoms with Crippen molar-refractivity contribution in [1.29, 1.82) is 0 Å². The van der Waals surface area contributed by atoms with Crippen LogP contribution in [-0.2, 0) is 23.7 Å². The number of methoxy groups -OCH3 is 1. The molecule has 0 aromatic carbocycles. The van der Waals surface area contributed by atoms with Crippen LogP contribution < -0.4 is 0 Å². The number of aliphatic hydroxyl groups is 1. The lowest BCUT2D eigenvalue weighted by atomic mass is 9.92. The average molecular weight is 273 g/mol. The molecule has 0 radical (unpaired) electrons. The molecule has 0 aromatic heterocycles. The van der Waals surface area contributed by atoms with Gasteiger partial charge in [0.25, 0.3) is 0 Å². The number of carbonyl (C=O) groups is 1. The summed E-state index contributed by atoms with van der Waals surface area (Å²) >= 11 is 0. The Morgan fingerprint density at radius 2 is 2.26 bits per heavy atom. The van der Waals surface area contributed by atoms with Crippen LogP contribution in [0.4, 0.5) is 0 Å². The Morgan fingerprint density at radius 3 is 2.89 bits per heavy atom. The molecule has 9 nitrogen and oxygen atoms in total. The standard InChI is InChI=1S/C10H15N3O6/c1-4-17-3-5-8(18-4)7(14)6(12-13-11)9(19-5)10(15)16-2/h4-9,14H,3H2,1-2H3/t4?,5?,6?,7-,8+,9?/m1/s1. The molecule has 0 spiro atoms. The summed E-state index contributed by atoms with van der Waals surface area (Å²) < 4.78 is 20.7. The summed E-state index contributed by atoms with van der Waals surface area (Å²) in [4.78, 5) is 14.2. The van der Waals surface area contributed by atoms with Crippen molar-refractivity contribution >= 4 is 5.97 Å². The van der Waals surface area contributed by atoms with E-state index < -0.39 is 42.7 Å². The second-order valence-corrected chi connectivity index (χ2v) is 4.31. The Bertz CT molecular complexity index is 399. The second-order valence-electron chi connectivity index (χ2n) is 4.31. The summed E-state index contributed by atoms with van der Waals surface area (Å²) in [6.07, 6.45) is -4.15. The van der Waals surface area contributed by atoms with Crippen LogP contribution in [0.2, 0.25) is 0 Å². The monoisotopic (exact) mass is 273 g/mol. The van der Waals surface area contributed by atoms with E-state index in [9.17, 15) is 9.90 Å². The summed E-state index contributed by atoms with van der Waals surface area (Å²) in [6.45, 7) is 1.86. The molecule has 2 rings (SSSR count). The zero-order chi connectivity index (χ0) is 14.0. The molecule has 0 saturated carbocycles. The molecule has 9 heteroatoms. The van der Waals surface area contributed by atoms with Gasteiger partial charge in [0.05, 0.1) is 19.8 Å². The molecular formula is C10H15N3O6. The van der Waals surface area contributed by atoms with Crippen molar-refractivity contribution < 1.29 is 28.8 Å². The lowest BCUT2D eigenvalue weighted by molar-refractivity contribution is -0.302. The Kier molecular flexibility index (Phi) is 4.23. The third-order valence-electron chi connectivity index (χ3n) is 3.15. The number of fused-ring (bicyclic) bond motifs is 1. The fourth-order valence-electron chi connectivity index (χ4n) is 2.23. The normalized spacial score (nSPS) is 41.8. The number of nitrogens with zero attached hydrogens (tertiary/aromatic N) is 3. The number of ether oxygens (including phenoxy) is 4. The number of rotatable bonds is 2. The van der Waals surface area contributed by atoms with Gasteiger partial charge in [-0.2, -0.15) is 0 Å². The van der Waals surface area contributed by atoms with E-state index in [0.29, 0.717) is 0 Å². The van der Waals surface area contributed by atoms with E-state index in [0.717, 1.165) is 0 Å². The molecule has 2 heterocycles. The number of aliphatic hydroxyl groups excluding tert-OH is 1. The zero-order valence-corrected chi connectivity index (χ0v) is 10.5. The number of hydrogen-bond acceptors (Lipinski definition) is 7. The topological polar surface area (TPSA) is 123 Å². The Morgan fingerprint density at radius 1 is 1.53 bits per heavy atom. The molecule has 0 aliphatic carbocycles. The lowest BCUT2D eigenvalue weighted by Crippen LogP contribution is -2.63. The van der Waals surface area contributed by atoms with Crippen LogP contribution in [0.1, 0.15) is 6.92 Å². The van der Waals surface area contributed by atoms with Crippen molar-refractivity contribution in [2.45, 2.75) is 43.7 Å². The van der Waals surface area contributed by atoms with E-state index in [1.54, 1.807) is 6.92 Å². The molecule has 2 fully saturated rings. The van der Waals surface area contributed by atoms with E-state index in [1.165, 1.54) is 7.11 Å². The van der Waals surface area contributed by atoms with Crippen LogP contribution in [0.3, 0.4) is 0 Å². The van der Waals surface area contributed by atoms with Crippen molar-refractivity contribution in [3.05, 3.63) is 10.4 Å². The van der Waals surface area contributed by atoms with Gasteiger partial charge in [-0.3, -0.25) is 0 Å². The van der Waals surface area contributed by atoms with Crippen molar-refractivity contribution in [2.24, 2.45) is 5.11 Å². The predicted molar refractivity (Wildman–Crippen MR) is 59.9 cm³/mol. The van der Waals surface area contributed by atoms with Crippen LogP contribution in [0.5, 0.6) is 0 Å². The van der Waals surface area contributed by atoms with Crippen LogP contribution in [0.15, 0.2) is 5.11 Å².